The minimum absolute atomic E-state index is 0.0502. The van der Waals surface area contributed by atoms with Gasteiger partial charge in [0.25, 0.3) is 0 Å². The van der Waals surface area contributed by atoms with E-state index < -0.39 is 21.4 Å². The number of anilines is 1. The van der Waals surface area contributed by atoms with Crippen molar-refractivity contribution < 1.29 is 12.8 Å². The molecule has 0 heterocycles. The molecule has 20 heavy (non-hydrogen) atoms. The highest BCUT2D eigenvalue weighted by Crippen LogP contribution is 2.29. The van der Waals surface area contributed by atoms with Crippen molar-refractivity contribution in [3.8, 4) is 0 Å². The average Bonchev–Trinajstić information content (AvgIpc) is 2.37. The summed E-state index contributed by atoms with van der Waals surface area (Å²) in [5, 5.41) is 0.284. The van der Waals surface area contributed by atoms with E-state index in [9.17, 15) is 12.8 Å². The van der Waals surface area contributed by atoms with Crippen LogP contribution in [-0.2, 0) is 15.6 Å². The van der Waals surface area contributed by atoms with Gasteiger partial charge in [-0.2, -0.15) is 0 Å². The molecule has 0 atom stereocenters. The average molecular weight is 334 g/mol. The predicted octanol–water partition coefficient (Wildman–Crippen LogP) is 3.69. The van der Waals surface area contributed by atoms with Crippen molar-refractivity contribution in [3.63, 3.8) is 0 Å². The molecule has 0 saturated carbocycles. The second-order valence-electron chi connectivity index (χ2n) is 4.14. The monoisotopic (exact) mass is 333 g/mol. The third-order valence-electron chi connectivity index (χ3n) is 2.71. The standard InChI is InChI=1S/C13H10Cl2FNO2S/c14-8-4-5-12(17)13(6-8)20(18,19)7-9-10(15)2-1-3-11(9)16/h1-6H,7,17H2. The summed E-state index contributed by atoms with van der Waals surface area (Å²) >= 11 is 11.6. The summed E-state index contributed by atoms with van der Waals surface area (Å²) in [5.74, 6) is -1.26. The van der Waals surface area contributed by atoms with Gasteiger partial charge in [-0.15, -0.1) is 0 Å². The fourth-order valence-electron chi connectivity index (χ4n) is 1.72. The normalized spacial score (nSPS) is 11.6. The van der Waals surface area contributed by atoms with E-state index in [0.29, 0.717) is 0 Å². The number of rotatable bonds is 3. The number of nitrogen functional groups attached to an aromatic ring is 1. The largest absolute Gasteiger partial charge is 0.398 e. The van der Waals surface area contributed by atoms with Gasteiger partial charge in [-0.3, -0.25) is 0 Å². The van der Waals surface area contributed by atoms with Gasteiger partial charge in [-0.25, -0.2) is 12.8 Å². The van der Waals surface area contributed by atoms with Crippen LogP contribution >= 0.6 is 23.2 Å². The Morgan fingerprint density at radius 2 is 1.85 bits per heavy atom. The van der Waals surface area contributed by atoms with Crippen LogP contribution in [0.5, 0.6) is 0 Å². The van der Waals surface area contributed by atoms with Gasteiger partial charge in [-0.1, -0.05) is 29.3 Å². The Labute approximate surface area is 126 Å². The number of nitrogens with two attached hydrogens (primary N) is 1. The first-order valence-electron chi connectivity index (χ1n) is 5.52. The lowest BCUT2D eigenvalue weighted by Gasteiger charge is -2.10. The highest BCUT2D eigenvalue weighted by atomic mass is 35.5. The Kier molecular flexibility index (Phi) is 4.22. The topological polar surface area (TPSA) is 60.2 Å². The molecular formula is C13H10Cl2FNO2S. The van der Waals surface area contributed by atoms with Crippen LogP contribution in [0, 0.1) is 5.82 Å². The molecule has 0 aromatic heterocycles. The fraction of sp³-hybridized carbons (Fsp3) is 0.0769. The molecule has 0 unspecified atom stereocenters. The van der Waals surface area contributed by atoms with E-state index in [0.717, 1.165) is 6.07 Å². The quantitative estimate of drug-likeness (QED) is 0.871. The summed E-state index contributed by atoms with van der Waals surface area (Å²) < 4.78 is 38.3. The van der Waals surface area contributed by atoms with Gasteiger partial charge in [0.1, 0.15) is 5.82 Å². The maximum absolute atomic E-state index is 13.7. The van der Waals surface area contributed by atoms with Crippen LogP contribution < -0.4 is 5.73 Å². The lowest BCUT2D eigenvalue weighted by Crippen LogP contribution is -2.09. The first-order chi connectivity index (χ1) is 9.31. The van der Waals surface area contributed by atoms with Crippen molar-refractivity contribution in [2.45, 2.75) is 10.6 Å². The molecule has 0 fully saturated rings. The molecule has 0 radical (unpaired) electrons. The summed E-state index contributed by atoms with van der Waals surface area (Å²) in [5.41, 5.74) is 5.61. The van der Waals surface area contributed by atoms with Gasteiger partial charge in [0.15, 0.2) is 9.84 Å². The smallest absolute Gasteiger partial charge is 0.184 e. The van der Waals surface area contributed by atoms with Crippen LogP contribution in [-0.4, -0.2) is 8.42 Å². The van der Waals surface area contributed by atoms with Gasteiger partial charge in [-0.05, 0) is 30.3 Å². The van der Waals surface area contributed by atoms with Gasteiger partial charge in [0, 0.05) is 15.6 Å². The number of hydrogen-bond donors (Lipinski definition) is 1. The third kappa shape index (κ3) is 3.06. The summed E-state index contributed by atoms with van der Waals surface area (Å²) in [6.07, 6.45) is 0. The van der Waals surface area contributed by atoms with E-state index >= 15 is 0 Å². The Hall–Kier alpha value is -1.30. The zero-order valence-electron chi connectivity index (χ0n) is 10.1. The van der Waals surface area contributed by atoms with E-state index in [2.05, 4.69) is 0 Å². The highest BCUT2D eigenvalue weighted by Gasteiger charge is 2.22. The first kappa shape index (κ1) is 15.1. The number of hydrogen-bond acceptors (Lipinski definition) is 3. The number of benzene rings is 2. The molecule has 106 valence electrons. The highest BCUT2D eigenvalue weighted by molar-refractivity contribution is 7.90. The Balaban J connectivity index is 2.49. The van der Waals surface area contributed by atoms with Gasteiger partial charge in [0.05, 0.1) is 16.3 Å². The molecule has 0 aliphatic carbocycles. The molecule has 3 nitrogen and oxygen atoms in total. The van der Waals surface area contributed by atoms with E-state index in [4.69, 9.17) is 28.9 Å². The second-order valence-corrected chi connectivity index (χ2v) is 6.94. The molecule has 0 spiro atoms. The second kappa shape index (κ2) is 5.60. The minimum atomic E-state index is -3.85. The number of halogens is 3. The van der Waals surface area contributed by atoms with Crippen LogP contribution in [0.15, 0.2) is 41.3 Å². The van der Waals surface area contributed by atoms with Crippen molar-refractivity contribution in [3.05, 3.63) is 57.8 Å². The minimum Gasteiger partial charge on any atom is -0.398 e. The molecule has 0 aliphatic rings. The van der Waals surface area contributed by atoms with Crippen molar-refractivity contribution in [2.24, 2.45) is 0 Å². The van der Waals surface area contributed by atoms with Crippen LogP contribution in [0.4, 0.5) is 10.1 Å². The van der Waals surface area contributed by atoms with E-state index in [1.165, 1.54) is 30.3 Å². The van der Waals surface area contributed by atoms with Crippen molar-refractivity contribution in [1.29, 1.82) is 0 Å². The number of sulfone groups is 1. The fourth-order valence-corrected chi connectivity index (χ4v) is 3.82. The Morgan fingerprint density at radius 3 is 2.50 bits per heavy atom. The van der Waals surface area contributed by atoms with E-state index in [1.54, 1.807) is 0 Å². The van der Waals surface area contributed by atoms with Gasteiger partial charge in [0.2, 0.25) is 0 Å². The van der Waals surface area contributed by atoms with Gasteiger partial charge < -0.3 is 5.73 Å². The molecule has 2 rings (SSSR count). The van der Waals surface area contributed by atoms with E-state index in [1.807, 2.05) is 0 Å². The molecule has 0 saturated heterocycles. The first-order valence-corrected chi connectivity index (χ1v) is 7.93. The Morgan fingerprint density at radius 1 is 1.15 bits per heavy atom. The zero-order valence-corrected chi connectivity index (χ0v) is 12.4. The van der Waals surface area contributed by atoms with Crippen molar-refractivity contribution in [2.75, 3.05) is 5.73 Å². The maximum atomic E-state index is 13.7. The molecule has 2 aromatic rings. The molecule has 0 aliphatic heterocycles. The maximum Gasteiger partial charge on any atom is 0.184 e. The summed E-state index contributed by atoms with van der Waals surface area (Å²) in [7, 11) is -3.85. The molecule has 0 amide bonds. The van der Waals surface area contributed by atoms with Crippen LogP contribution in [0.25, 0.3) is 0 Å². The van der Waals surface area contributed by atoms with Crippen molar-refractivity contribution >= 4 is 38.7 Å². The summed E-state index contributed by atoms with van der Waals surface area (Å²) in [6, 6.07) is 8.08. The summed E-state index contributed by atoms with van der Waals surface area (Å²) in [4.78, 5) is -0.135. The lowest BCUT2D eigenvalue weighted by molar-refractivity contribution is 0.587. The summed E-state index contributed by atoms with van der Waals surface area (Å²) in [6.45, 7) is 0. The Bertz CT molecular complexity index is 743. The molecule has 2 aromatic carbocycles. The van der Waals surface area contributed by atoms with Crippen LogP contribution in [0.2, 0.25) is 10.0 Å². The van der Waals surface area contributed by atoms with E-state index in [-0.39, 0.29) is 26.2 Å². The zero-order chi connectivity index (χ0) is 14.9. The molecule has 0 bridgehead atoms. The predicted molar refractivity (Wildman–Crippen MR) is 78.2 cm³/mol. The lowest BCUT2D eigenvalue weighted by atomic mass is 10.2. The molecular weight excluding hydrogens is 324 g/mol. The SMILES string of the molecule is Nc1ccc(Cl)cc1S(=O)(=O)Cc1c(F)cccc1Cl. The van der Waals surface area contributed by atoms with Gasteiger partial charge >= 0.3 is 0 Å². The molecule has 7 heteroatoms. The third-order valence-corrected chi connectivity index (χ3v) is 4.99. The van der Waals surface area contributed by atoms with Crippen LogP contribution in [0.1, 0.15) is 5.56 Å². The molecule has 2 N–H and O–H groups in total. The van der Waals surface area contributed by atoms with Crippen LogP contribution in [0.3, 0.4) is 0 Å². The van der Waals surface area contributed by atoms with Crippen molar-refractivity contribution in [1.82, 2.24) is 0 Å².